The van der Waals surface area contributed by atoms with E-state index in [9.17, 15) is 15.2 Å². The van der Waals surface area contributed by atoms with Gasteiger partial charge in [-0.05, 0) is 39.2 Å². The van der Waals surface area contributed by atoms with Crippen molar-refractivity contribution in [2.75, 3.05) is 7.11 Å². The van der Waals surface area contributed by atoms with Crippen LogP contribution < -0.4 is 10.1 Å². The summed E-state index contributed by atoms with van der Waals surface area (Å²) in [6.45, 7) is 0. The van der Waals surface area contributed by atoms with Gasteiger partial charge in [-0.3, -0.25) is 4.79 Å². The SMILES string of the molecule is COc1cc(C2CC(=O)NC(SCc3ccccc3)=C2C#N)cc(Br)c1O. The largest absolute Gasteiger partial charge is 0.503 e. The number of halogens is 1. The maximum Gasteiger partial charge on any atom is 0.225 e. The number of carbonyl (C=O) groups is 1. The van der Waals surface area contributed by atoms with E-state index in [2.05, 4.69) is 27.3 Å². The van der Waals surface area contributed by atoms with Crippen LogP contribution in [-0.4, -0.2) is 18.1 Å². The maximum atomic E-state index is 12.3. The fourth-order valence-electron chi connectivity index (χ4n) is 2.90. The number of nitrogens with zero attached hydrogens (tertiary/aromatic N) is 1. The van der Waals surface area contributed by atoms with E-state index >= 15 is 0 Å². The Morgan fingerprint density at radius 2 is 2.11 bits per heavy atom. The molecule has 3 rings (SSSR count). The quantitative estimate of drug-likeness (QED) is 0.712. The summed E-state index contributed by atoms with van der Waals surface area (Å²) in [6.07, 6.45) is 0.165. The van der Waals surface area contributed by atoms with Crippen molar-refractivity contribution in [3.8, 4) is 17.6 Å². The van der Waals surface area contributed by atoms with Gasteiger partial charge in [-0.25, -0.2) is 0 Å². The number of carbonyl (C=O) groups excluding carboxylic acids is 1. The lowest BCUT2D eigenvalue weighted by atomic mass is 9.87. The summed E-state index contributed by atoms with van der Waals surface area (Å²) >= 11 is 4.74. The summed E-state index contributed by atoms with van der Waals surface area (Å²) < 4.78 is 5.66. The minimum atomic E-state index is -0.396. The molecule has 1 aliphatic rings. The van der Waals surface area contributed by atoms with Crippen molar-refractivity contribution in [2.45, 2.75) is 18.1 Å². The third-order valence-electron chi connectivity index (χ3n) is 4.26. The highest BCUT2D eigenvalue weighted by Gasteiger charge is 2.30. The van der Waals surface area contributed by atoms with Crippen LogP contribution >= 0.6 is 27.7 Å². The average molecular weight is 445 g/mol. The highest BCUT2D eigenvalue weighted by Crippen LogP contribution is 2.42. The van der Waals surface area contributed by atoms with Gasteiger partial charge in [-0.15, -0.1) is 11.8 Å². The molecule has 0 aromatic heterocycles. The lowest BCUT2D eigenvalue weighted by molar-refractivity contribution is -0.120. The zero-order valence-corrected chi connectivity index (χ0v) is 16.9. The normalized spacial score (nSPS) is 16.6. The van der Waals surface area contributed by atoms with Gasteiger partial charge >= 0.3 is 0 Å². The molecule has 2 aromatic carbocycles. The fourth-order valence-corrected chi connectivity index (χ4v) is 4.39. The van der Waals surface area contributed by atoms with Crippen molar-refractivity contribution in [3.05, 3.63) is 68.7 Å². The molecule has 1 amide bonds. The molecular weight excluding hydrogens is 428 g/mol. The second-order valence-corrected chi connectivity index (χ2v) is 7.83. The van der Waals surface area contributed by atoms with Crippen LogP contribution in [0.2, 0.25) is 0 Å². The number of phenolic OH excluding ortho intramolecular Hbond substituents is 1. The molecule has 1 aliphatic heterocycles. The smallest absolute Gasteiger partial charge is 0.225 e. The first kappa shape index (κ1) is 19.3. The number of hydrogen-bond acceptors (Lipinski definition) is 5. The van der Waals surface area contributed by atoms with Gasteiger partial charge in [0.15, 0.2) is 11.5 Å². The Morgan fingerprint density at radius 3 is 2.78 bits per heavy atom. The van der Waals surface area contributed by atoms with Gasteiger partial charge in [0.05, 0.1) is 28.3 Å². The second-order valence-electron chi connectivity index (χ2n) is 5.99. The molecule has 0 saturated heterocycles. The molecule has 1 atom stereocenters. The van der Waals surface area contributed by atoms with Crippen LogP contribution in [0.25, 0.3) is 0 Å². The van der Waals surface area contributed by atoms with Gasteiger partial charge in [0.1, 0.15) is 0 Å². The summed E-state index contributed by atoms with van der Waals surface area (Å²) in [6, 6.07) is 15.5. The summed E-state index contributed by atoms with van der Waals surface area (Å²) in [5, 5.41) is 23.2. The van der Waals surface area contributed by atoms with Crippen LogP contribution in [0, 0.1) is 11.3 Å². The lowest BCUT2D eigenvalue weighted by Crippen LogP contribution is -2.30. The van der Waals surface area contributed by atoms with E-state index in [1.807, 2.05) is 30.3 Å². The number of phenols is 1. The number of aromatic hydroxyl groups is 1. The molecule has 0 radical (unpaired) electrons. The van der Waals surface area contributed by atoms with Gasteiger partial charge in [0, 0.05) is 18.1 Å². The first-order chi connectivity index (χ1) is 13.0. The molecule has 0 bridgehead atoms. The predicted octanol–water partition coefficient (Wildman–Crippen LogP) is 4.44. The first-order valence-corrected chi connectivity index (χ1v) is 9.98. The number of thioether (sulfide) groups is 1. The van der Waals surface area contributed by atoms with Crippen molar-refractivity contribution in [2.24, 2.45) is 0 Å². The number of nitriles is 1. The predicted molar refractivity (Wildman–Crippen MR) is 108 cm³/mol. The van der Waals surface area contributed by atoms with Crippen LogP contribution in [-0.2, 0) is 10.5 Å². The van der Waals surface area contributed by atoms with Gasteiger partial charge in [-0.1, -0.05) is 30.3 Å². The molecule has 5 nitrogen and oxygen atoms in total. The number of rotatable bonds is 5. The van der Waals surface area contributed by atoms with E-state index in [-0.39, 0.29) is 18.1 Å². The summed E-state index contributed by atoms with van der Waals surface area (Å²) in [5.74, 6) is 0.395. The monoisotopic (exact) mass is 444 g/mol. The van der Waals surface area contributed by atoms with E-state index in [4.69, 9.17) is 4.74 Å². The minimum Gasteiger partial charge on any atom is -0.503 e. The Kier molecular flexibility index (Phi) is 6.09. The molecule has 27 heavy (non-hydrogen) atoms. The van der Waals surface area contributed by atoms with E-state index in [0.29, 0.717) is 26.6 Å². The molecule has 2 N–H and O–H groups in total. The summed E-state index contributed by atoms with van der Waals surface area (Å²) in [5.41, 5.74) is 2.36. The number of ether oxygens (including phenoxy) is 1. The molecule has 1 unspecified atom stereocenters. The van der Waals surface area contributed by atoms with Crippen molar-refractivity contribution < 1.29 is 14.6 Å². The molecule has 0 saturated carbocycles. The van der Waals surface area contributed by atoms with Gasteiger partial charge in [0.25, 0.3) is 0 Å². The van der Waals surface area contributed by atoms with Gasteiger partial charge < -0.3 is 15.2 Å². The average Bonchev–Trinajstić information content (AvgIpc) is 2.68. The molecular formula is C20H17BrN2O3S. The third-order valence-corrected chi connectivity index (χ3v) is 5.95. The van der Waals surface area contributed by atoms with Crippen LogP contribution in [0.4, 0.5) is 0 Å². The standard InChI is InChI=1S/C20H17BrN2O3S/c1-26-17-8-13(7-16(21)19(17)25)14-9-18(24)23-20(15(14)10-22)27-11-12-5-3-2-4-6-12/h2-8,14,25H,9,11H2,1H3,(H,23,24). The molecule has 0 spiro atoms. The number of amides is 1. The lowest BCUT2D eigenvalue weighted by Gasteiger charge is -2.25. The highest BCUT2D eigenvalue weighted by molar-refractivity contribution is 9.10. The van der Waals surface area contributed by atoms with E-state index in [1.54, 1.807) is 12.1 Å². The Bertz CT molecular complexity index is 938. The van der Waals surface area contributed by atoms with E-state index in [0.717, 1.165) is 11.1 Å². The van der Waals surface area contributed by atoms with Crippen LogP contribution in [0.5, 0.6) is 11.5 Å². The van der Waals surface area contributed by atoms with E-state index in [1.165, 1.54) is 18.9 Å². The van der Waals surface area contributed by atoms with Gasteiger partial charge in [0.2, 0.25) is 5.91 Å². The maximum absolute atomic E-state index is 12.3. The van der Waals surface area contributed by atoms with Gasteiger partial charge in [-0.2, -0.15) is 5.26 Å². The van der Waals surface area contributed by atoms with Crippen LogP contribution in [0.15, 0.2) is 57.5 Å². The molecule has 1 heterocycles. The number of benzene rings is 2. The third kappa shape index (κ3) is 4.29. The van der Waals surface area contributed by atoms with Crippen LogP contribution in [0.1, 0.15) is 23.5 Å². The molecule has 0 fully saturated rings. The van der Waals surface area contributed by atoms with Crippen LogP contribution in [0.3, 0.4) is 0 Å². The van der Waals surface area contributed by atoms with Crippen molar-refractivity contribution >= 4 is 33.6 Å². The highest BCUT2D eigenvalue weighted by atomic mass is 79.9. The second kappa shape index (κ2) is 8.51. The zero-order chi connectivity index (χ0) is 19.4. The molecule has 0 aliphatic carbocycles. The first-order valence-electron chi connectivity index (χ1n) is 8.20. The number of methoxy groups -OCH3 is 1. The Hall–Kier alpha value is -2.43. The number of hydrogen-bond donors (Lipinski definition) is 2. The van der Waals surface area contributed by atoms with Crippen molar-refractivity contribution in [3.63, 3.8) is 0 Å². The topological polar surface area (TPSA) is 82.3 Å². The number of allylic oxidation sites excluding steroid dienone is 1. The molecule has 7 heteroatoms. The van der Waals surface area contributed by atoms with Crippen molar-refractivity contribution in [1.82, 2.24) is 5.32 Å². The fraction of sp³-hybridized carbons (Fsp3) is 0.200. The van der Waals surface area contributed by atoms with Crippen molar-refractivity contribution in [1.29, 1.82) is 5.26 Å². The Labute approximate surface area is 170 Å². The Balaban J connectivity index is 1.96. The van der Waals surface area contributed by atoms with E-state index < -0.39 is 5.92 Å². The number of nitrogens with one attached hydrogen (secondary N) is 1. The molecule has 138 valence electrons. The summed E-state index contributed by atoms with van der Waals surface area (Å²) in [4.78, 5) is 12.3. The minimum absolute atomic E-state index is 0.0114. The summed E-state index contributed by atoms with van der Waals surface area (Å²) in [7, 11) is 1.46. The zero-order valence-electron chi connectivity index (χ0n) is 14.5. The molecule has 2 aromatic rings. The Morgan fingerprint density at radius 1 is 1.37 bits per heavy atom.